The van der Waals surface area contributed by atoms with Crippen LogP contribution >= 0.6 is 0 Å². The highest BCUT2D eigenvalue weighted by Crippen LogP contribution is 2.27. The van der Waals surface area contributed by atoms with Crippen molar-refractivity contribution in [2.75, 3.05) is 0 Å². The molecule has 2 nitrogen and oxygen atoms in total. The number of benzene rings is 1. The zero-order valence-corrected chi connectivity index (χ0v) is 11.2. The Kier molecular flexibility index (Phi) is 4.73. The summed E-state index contributed by atoms with van der Waals surface area (Å²) in [5.74, 6) is -0.0944. The zero-order valence-electron chi connectivity index (χ0n) is 11.2. The Labute approximate surface area is 104 Å². The Morgan fingerprint density at radius 3 is 2.18 bits per heavy atom. The molecule has 0 unspecified atom stereocenters. The van der Waals surface area contributed by atoms with Gasteiger partial charge in [0.05, 0.1) is 5.41 Å². The molecule has 0 N–H and O–H groups in total. The van der Waals surface area contributed by atoms with Crippen LogP contribution in [0.5, 0.6) is 0 Å². The molecule has 0 spiro atoms. The summed E-state index contributed by atoms with van der Waals surface area (Å²) in [5, 5.41) is 0. The predicted octanol–water partition coefficient (Wildman–Crippen LogP) is 3.86. The molecule has 17 heavy (non-hydrogen) atoms. The lowest BCUT2D eigenvalue weighted by atomic mass is 9.85. The molecule has 94 valence electrons. The van der Waals surface area contributed by atoms with Crippen molar-refractivity contribution in [2.24, 2.45) is 5.41 Å². The van der Waals surface area contributed by atoms with E-state index in [0.717, 1.165) is 18.4 Å². The van der Waals surface area contributed by atoms with Gasteiger partial charge in [0.25, 0.3) is 0 Å². The monoisotopic (exact) mass is 234 g/mol. The van der Waals surface area contributed by atoms with Gasteiger partial charge in [-0.1, -0.05) is 43.7 Å². The first-order valence-electron chi connectivity index (χ1n) is 6.24. The second kappa shape index (κ2) is 5.85. The third kappa shape index (κ3) is 3.58. The minimum absolute atomic E-state index is 0.0944. The van der Waals surface area contributed by atoms with Gasteiger partial charge in [-0.15, -0.1) is 0 Å². The lowest BCUT2D eigenvalue weighted by Gasteiger charge is -2.24. The smallest absolute Gasteiger partial charge is 0.312 e. The van der Waals surface area contributed by atoms with Crippen molar-refractivity contribution in [3.05, 3.63) is 35.4 Å². The zero-order chi connectivity index (χ0) is 12.9. The molecule has 0 amide bonds. The molecule has 0 bridgehead atoms. The second-order valence-corrected chi connectivity index (χ2v) is 4.83. The number of hydrogen-bond donors (Lipinski definition) is 0. The van der Waals surface area contributed by atoms with E-state index >= 15 is 0 Å². The van der Waals surface area contributed by atoms with Crippen LogP contribution in [0.25, 0.3) is 0 Å². The quantitative estimate of drug-likeness (QED) is 0.723. The molecule has 1 aromatic carbocycles. The lowest BCUT2D eigenvalue weighted by molar-refractivity contribution is -0.156. The van der Waals surface area contributed by atoms with E-state index in [1.165, 1.54) is 5.56 Å². The molecular weight excluding hydrogens is 212 g/mol. The van der Waals surface area contributed by atoms with Crippen LogP contribution in [0.15, 0.2) is 24.3 Å². The molecule has 0 radical (unpaired) electrons. The van der Waals surface area contributed by atoms with Gasteiger partial charge in [0, 0.05) is 0 Å². The maximum atomic E-state index is 11.9. The van der Waals surface area contributed by atoms with E-state index in [9.17, 15) is 4.79 Å². The molecule has 1 rings (SSSR count). The van der Waals surface area contributed by atoms with Crippen LogP contribution in [-0.2, 0) is 16.1 Å². The molecule has 0 saturated carbocycles. The minimum Gasteiger partial charge on any atom is -0.460 e. The van der Waals surface area contributed by atoms with Gasteiger partial charge in [-0.2, -0.15) is 0 Å². The van der Waals surface area contributed by atoms with Crippen LogP contribution in [-0.4, -0.2) is 5.97 Å². The summed E-state index contributed by atoms with van der Waals surface area (Å²) in [7, 11) is 0. The highest BCUT2D eigenvalue weighted by atomic mass is 16.5. The van der Waals surface area contributed by atoms with Gasteiger partial charge in [-0.3, -0.25) is 4.79 Å². The maximum absolute atomic E-state index is 11.9. The fraction of sp³-hybridized carbons (Fsp3) is 0.533. The summed E-state index contributed by atoms with van der Waals surface area (Å²) in [6.45, 7) is 8.42. The first-order valence-corrected chi connectivity index (χ1v) is 6.24. The van der Waals surface area contributed by atoms with Crippen molar-refractivity contribution < 1.29 is 9.53 Å². The van der Waals surface area contributed by atoms with Crippen molar-refractivity contribution in [3.63, 3.8) is 0 Å². The number of carbonyl (C=O) groups excluding carboxylic acids is 1. The number of aryl methyl sites for hydroxylation is 1. The van der Waals surface area contributed by atoms with E-state index in [1.807, 2.05) is 52.0 Å². The van der Waals surface area contributed by atoms with Gasteiger partial charge >= 0.3 is 5.97 Å². The lowest BCUT2D eigenvalue weighted by Crippen LogP contribution is -2.28. The van der Waals surface area contributed by atoms with E-state index in [1.54, 1.807) is 0 Å². The fourth-order valence-corrected chi connectivity index (χ4v) is 1.55. The average molecular weight is 234 g/mol. The first kappa shape index (κ1) is 13.8. The molecule has 0 atom stereocenters. The van der Waals surface area contributed by atoms with E-state index in [2.05, 4.69) is 0 Å². The molecule has 0 fully saturated rings. The summed E-state index contributed by atoms with van der Waals surface area (Å²) in [4.78, 5) is 11.9. The number of rotatable bonds is 5. The number of esters is 1. The van der Waals surface area contributed by atoms with Crippen molar-refractivity contribution >= 4 is 5.97 Å². The van der Waals surface area contributed by atoms with Gasteiger partial charge in [0.2, 0.25) is 0 Å². The number of ether oxygens (including phenoxy) is 1. The highest BCUT2D eigenvalue weighted by molar-refractivity contribution is 5.76. The van der Waals surface area contributed by atoms with Crippen LogP contribution < -0.4 is 0 Å². The van der Waals surface area contributed by atoms with Crippen LogP contribution in [0.2, 0.25) is 0 Å². The van der Waals surface area contributed by atoms with Gasteiger partial charge < -0.3 is 4.74 Å². The van der Waals surface area contributed by atoms with Crippen LogP contribution in [0.3, 0.4) is 0 Å². The van der Waals surface area contributed by atoms with Crippen molar-refractivity contribution in [3.8, 4) is 0 Å². The third-order valence-electron chi connectivity index (χ3n) is 3.54. The molecule has 0 heterocycles. The Bertz CT molecular complexity index is 361. The molecule has 0 aliphatic carbocycles. The van der Waals surface area contributed by atoms with Gasteiger partial charge in [0.15, 0.2) is 0 Å². The van der Waals surface area contributed by atoms with Crippen molar-refractivity contribution in [1.82, 2.24) is 0 Å². The standard InChI is InChI=1S/C15H22O2/c1-5-15(4,6-2)14(16)17-11-13-9-7-12(3)8-10-13/h7-10H,5-6,11H2,1-4H3. The summed E-state index contributed by atoms with van der Waals surface area (Å²) in [5.41, 5.74) is 1.91. The largest absolute Gasteiger partial charge is 0.460 e. The molecule has 0 aromatic heterocycles. The highest BCUT2D eigenvalue weighted by Gasteiger charge is 2.30. The molecule has 0 aliphatic heterocycles. The van der Waals surface area contributed by atoms with E-state index in [0.29, 0.717) is 6.61 Å². The first-order chi connectivity index (χ1) is 8.01. The van der Waals surface area contributed by atoms with Crippen molar-refractivity contribution in [2.45, 2.75) is 47.1 Å². The van der Waals surface area contributed by atoms with E-state index in [4.69, 9.17) is 4.74 Å². The fourth-order valence-electron chi connectivity index (χ4n) is 1.55. The van der Waals surface area contributed by atoms with Crippen molar-refractivity contribution in [1.29, 1.82) is 0 Å². The summed E-state index contributed by atoms with van der Waals surface area (Å²) in [6.07, 6.45) is 1.63. The topological polar surface area (TPSA) is 26.3 Å². The van der Waals surface area contributed by atoms with Gasteiger partial charge in [-0.05, 0) is 32.3 Å². The Hall–Kier alpha value is -1.31. The van der Waals surface area contributed by atoms with Crippen LogP contribution in [0.1, 0.15) is 44.7 Å². The minimum atomic E-state index is -0.343. The number of hydrogen-bond acceptors (Lipinski definition) is 2. The Balaban J connectivity index is 2.56. The average Bonchev–Trinajstić information content (AvgIpc) is 2.36. The Morgan fingerprint density at radius 1 is 1.18 bits per heavy atom. The normalized spacial score (nSPS) is 11.3. The number of carbonyl (C=O) groups is 1. The SMILES string of the molecule is CCC(C)(CC)C(=O)OCc1ccc(C)cc1. The van der Waals surface area contributed by atoms with E-state index < -0.39 is 0 Å². The molecule has 0 saturated heterocycles. The molecule has 0 aliphatic rings. The maximum Gasteiger partial charge on any atom is 0.312 e. The molecular formula is C15H22O2. The predicted molar refractivity (Wildman–Crippen MR) is 69.7 cm³/mol. The summed E-state index contributed by atoms with van der Waals surface area (Å²) >= 11 is 0. The van der Waals surface area contributed by atoms with Crippen LogP contribution in [0.4, 0.5) is 0 Å². The van der Waals surface area contributed by atoms with Crippen LogP contribution in [0, 0.1) is 12.3 Å². The van der Waals surface area contributed by atoms with Gasteiger partial charge in [0.1, 0.15) is 6.61 Å². The Morgan fingerprint density at radius 2 is 1.71 bits per heavy atom. The van der Waals surface area contributed by atoms with Gasteiger partial charge in [-0.25, -0.2) is 0 Å². The molecule has 2 heteroatoms. The third-order valence-corrected chi connectivity index (χ3v) is 3.54. The summed E-state index contributed by atoms with van der Waals surface area (Å²) < 4.78 is 5.38. The molecule has 1 aromatic rings. The second-order valence-electron chi connectivity index (χ2n) is 4.83. The van der Waals surface area contributed by atoms with E-state index in [-0.39, 0.29) is 11.4 Å². The summed E-state index contributed by atoms with van der Waals surface area (Å²) in [6, 6.07) is 8.06.